The fourth-order valence-corrected chi connectivity index (χ4v) is 3.35. The van der Waals surface area contributed by atoms with Crippen molar-refractivity contribution in [3.63, 3.8) is 0 Å². The summed E-state index contributed by atoms with van der Waals surface area (Å²) < 4.78 is 0. The van der Waals surface area contributed by atoms with E-state index in [1.807, 2.05) is 30.3 Å². The van der Waals surface area contributed by atoms with E-state index < -0.39 is 30.9 Å². The van der Waals surface area contributed by atoms with Crippen LogP contribution in [0.2, 0.25) is 5.02 Å². The Morgan fingerprint density at radius 1 is 0.969 bits per heavy atom. The number of hydrogen-bond acceptors (Lipinski definition) is 6. The molecule has 164 valence electrons. The molecule has 1 aromatic heterocycles. The van der Waals surface area contributed by atoms with Gasteiger partial charge in [-0.1, -0.05) is 54.1 Å². The van der Waals surface area contributed by atoms with Crippen molar-refractivity contribution < 1.29 is 19.6 Å². The maximum atomic E-state index is 13.1. The molecule has 0 unspecified atom stereocenters. The van der Waals surface area contributed by atoms with Crippen molar-refractivity contribution in [2.45, 2.75) is 24.8 Å². The highest BCUT2D eigenvalue weighted by Gasteiger charge is 2.30. The van der Waals surface area contributed by atoms with E-state index in [1.165, 1.54) is 18.6 Å². The molecule has 1 heterocycles. The van der Waals surface area contributed by atoms with Gasteiger partial charge >= 0.3 is 7.12 Å². The lowest BCUT2D eigenvalue weighted by molar-refractivity contribution is -0.123. The number of benzene rings is 2. The third-order valence-corrected chi connectivity index (χ3v) is 4.97. The van der Waals surface area contributed by atoms with E-state index in [-0.39, 0.29) is 18.5 Å². The topological polar surface area (TPSA) is 124 Å². The maximum Gasteiger partial charge on any atom is 0.475 e. The van der Waals surface area contributed by atoms with Gasteiger partial charge in [0.25, 0.3) is 5.91 Å². The third kappa shape index (κ3) is 6.88. The van der Waals surface area contributed by atoms with Crippen molar-refractivity contribution in [2.75, 3.05) is 0 Å². The Morgan fingerprint density at radius 2 is 1.72 bits per heavy atom. The molecular weight excluding hydrogens is 431 g/mol. The smallest absolute Gasteiger partial charge is 0.426 e. The summed E-state index contributed by atoms with van der Waals surface area (Å²) in [6.07, 6.45) is 4.45. The minimum atomic E-state index is -1.81. The molecule has 0 radical (unpaired) electrons. The molecule has 8 nitrogen and oxygen atoms in total. The van der Waals surface area contributed by atoms with E-state index in [1.54, 1.807) is 24.3 Å². The first-order chi connectivity index (χ1) is 15.4. The highest BCUT2D eigenvalue weighted by atomic mass is 35.5. The number of carbonyl (C=O) groups excluding carboxylic acids is 2. The quantitative estimate of drug-likeness (QED) is 0.362. The second kappa shape index (κ2) is 11.4. The van der Waals surface area contributed by atoms with E-state index in [4.69, 9.17) is 11.6 Å². The van der Waals surface area contributed by atoms with Crippen molar-refractivity contribution in [1.29, 1.82) is 0 Å². The van der Waals surface area contributed by atoms with Gasteiger partial charge in [0, 0.05) is 23.8 Å². The van der Waals surface area contributed by atoms with E-state index in [0.29, 0.717) is 5.02 Å². The van der Waals surface area contributed by atoms with Crippen LogP contribution >= 0.6 is 11.6 Å². The van der Waals surface area contributed by atoms with Crippen molar-refractivity contribution in [1.82, 2.24) is 20.6 Å². The van der Waals surface area contributed by atoms with Crippen molar-refractivity contribution in [2.24, 2.45) is 0 Å². The number of rotatable bonds is 9. The van der Waals surface area contributed by atoms with Gasteiger partial charge in [0.15, 0.2) is 0 Å². The zero-order valence-corrected chi connectivity index (χ0v) is 17.8. The summed E-state index contributed by atoms with van der Waals surface area (Å²) in [5.74, 6) is -2.14. The molecule has 2 atom stereocenters. The van der Waals surface area contributed by atoms with Gasteiger partial charge in [-0.05, 0) is 29.7 Å². The average molecular weight is 453 g/mol. The van der Waals surface area contributed by atoms with Crippen LogP contribution in [-0.4, -0.2) is 50.9 Å². The van der Waals surface area contributed by atoms with Crippen LogP contribution in [0.4, 0.5) is 0 Å². The Labute approximate surface area is 190 Å². The highest BCUT2D eigenvalue weighted by Crippen LogP contribution is 2.13. The minimum absolute atomic E-state index is 0.0658. The Morgan fingerprint density at radius 3 is 2.38 bits per heavy atom. The highest BCUT2D eigenvalue weighted by molar-refractivity contribution is 6.43. The predicted octanol–water partition coefficient (Wildman–Crippen LogP) is 1.21. The molecule has 0 saturated heterocycles. The lowest BCUT2D eigenvalue weighted by atomic mass is 9.75. The number of halogens is 1. The Balaban J connectivity index is 1.76. The van der Waals surface area contributed by atoms with Gasteiger partial charge in [-0.2, -0.15) is 0 Å². The fraction of sp³-hybridized carbons (Fsp3) is 0.182. The van der Waals surface area contributed by atoms with Crippen LogP contribution in [0.25, 0.3) is 0 Å². The van der Waals surface area contributed by atoms with Crippen LogP contribution in [-0.2, 0) is 17.6 Å². The van der Waals surface area contributed by atoms with Crippen LogP contribution in [0, 0.1) is 0 Å². The summed E-state index contributed by atoms with van der Waals surface area (Å²) >= 11 is 6.00. The number of nitrogens with zero attached hydrogens (tertiary/aromatic N) is 2. The van der Waals surface area contributed by atoms with Crippen LogP contribution in [0.3, 0.4) is 0 Å². The van der Waals surface area contributed by atoms with Crippen LogP contribution < -0.4 is 10.6 Å². The SMILES string of the molecule is O=C(N[C@@H](Cc1ccccc1)C(=O)N[C@@H](Cc1cccc(Cl)c1)B(O)O)c1cnccn1. The molecule has 2 amide bonds. The van der Waals surface area contributed by atoms with Gasteiger partial charge in [-0.15, -0.1) is 0 Å². The lowest BCUT2D eigenvalue weighted by Gasteiger charge is -2.23. The molecule has 0 aliphatic carbocycles. The van der Waals surface area contributed by atoms with Gasteiger partial charge in [0.1, 0.15) is 11.7 Å². The largest absolute Gasteiger partial charge is 0.475 e. The third-order valence-electron chi connectivity index (χ3n) is 4.73. The van der Waals surface area contributed by atoms with Crippen molar-refractivity contribution in [3.8, 4) is 0 Å². The normalized spacial score (nSPS) is 12.5. The van der Waals surface area contributed by atoms with E-state index >= 15 is 0 Å². The van der Waals surface area contributed by atoms with E-state index in [0.717, 1.165) is 11.1 Å². The number of amides is 2. The molecule has 4 N–H and O–H groups in total. The summed E-state index contributed by atoms with van der Waals surface area (Å²) in [6.45, 7) is 0. The molecular formula is C22H22BClN4O4. The van der Waals surface area contributed by atoms with Crippen molar-refractivity contribution >= 4 is 30.5 Å². The molecule has 3 aromatic rings. The second-order valence-electron chi connectivity index (χ2n) is 7.17. The molecule has 2 aromatic carbocycles. The first kappa shape index (κ1) is 23.4. The van der Waals surface area contributed by atoms with Crippen LogP contribution in [0.1, 0.15) is 21.6 Å². The number of carbonyl (C=O) groups is 2. The first-order valence-corrected chi connectivity index (χ1v) is 10.3. The maximum absolute atomic E-state index is 13.1. The summed E-state index contributed by atoms with van der Waals surface area (Å²) in [5.41, 5.74) is 1.61. The Bertz CT molecular complexity index is 1040. The molecule has 0 fully saturated rings. The fourth-order valence-electron chi connectivity index (χ4n) is 3.14. The summed E-state index contributed by atoms with van der Waals surface area (Å²) in [7, 11) is -1.81. The summed E-state index contributed by atoms with van der Waals surface area (Å²) in [6, 6.07) is 15.1. The van der Waals surface area contributed by atoms with E-state index in [2.05, 4.69) is 20.6 Å². The van der Waals surface area contributed by atoms with Crippen molar-refractivity contribution in [3.05, 3.63) is 95.0 Å². The summed E-state index contributed by atoms with van der Waals surface area (Å²) in [5, 5.41) is 25.4. The standard InChI is InChI=1S/C22H22BClN4O4/c24-17-8-4-7-16(11-17)13-20(23(31)32)28-21(29)18(12-15-5-2-1-3-6-15)27-22(30)19-14-25-9-10-26-19/h1-11,14,18,20,31-32H,12-13H2,(H,27,30)(H,28,29)/t18-,20-/m0/s1. The average Bonchev–Trinajstić information content (AvgIpc) is 2.79. The Hall–Kier alpha value is -3.27. The molecule has 32 heavy (non-hydrogen) atoms. The van der Waals surface area contributed by atoms with Crippen LogP contribution in [0.15, 0.2) is 73.2 Å². The molecule has 0 aliphatic heterocycles. The number of hydrogen-bond donors (Lipinski definition) is 4. The van der Waals surface area contributed by atoms with Gasteiger partial charge in [-0.25, -0.2) is 4.98 Å². The molecule has 10 heteroatoms. The Kier molecular flexibility index (Phi) is 8.32. The predicted molar refractivity (Wildman–Crippen MR) is 121 cm³/mol. The monoisotopic (exact) mass is 452 g/mol. The van der Waals surface area contributed by atoms with E-state index in [9.17, 15) is 19.6 Å². The number of nitrogens with one attached hydrogen (secondary N) is 2. The molecule has 0 bridgehead atoms. The van der Waals surface area contributed by atoms with Gasteiger partial charge in [0.2, 0.25) is 5.91 Å². The number of aromatic nitrogens is 2. The molecule has 0 spiro atoms. The second-order valence-corrected chi connectivity index (χ2v) is 7.61. The molecule has 0 saturated carbocycles. The molecule has 3 rings (SSSR count). The zero-order valence-electron chi connectivity index (χ0n) is 17.1. The summed E-state index contributed by atoms with van der Waals surface area (Å²) in [4.78, 5) is 33.5. The lowest BCUT2D eigenvalue weighted by Crippen LogP contribution is -2.55. The zero-order chi connectivity index (χ0) is 22.9. The van der Waals surface area contributed by atoms with Gasteiger partial charge < -0.3 is 20.7 Å². The van der Waals surface area contributed by atoms with Crippen LogP contribution in [0.5, 0.6) is 0 Å². The molecule has 0 aliphatic rings. The van der Waals surface area contributed by atoms with Gasteiger partial charge in [-0.3, -0.25) is 14.6 Å². The minimum Gasteiger partial charge on any atom is -0.426 e. The van der Waals surface area contributed by atoms with Gasteiger partial charge in [0.05, 0.1) is 12.1 Å². The first-order valence-electron chi connectivity index (χ1n) is 9.94.